The average molecular weight is 327 g/mol. The fraction of sp³-hybridized carbons (Fsp3) is 0.526. The number of rotatable bonds is 3. The molecule has 0 aliphatic carbocycles. The van der Waals surface area contributed by atoms with Crippen molar-refractivity contribution in [2.45, 2.75) is 32.7 Å². The smallest absolute Gasteiger partial charge is 0.170 e. The van der Waals surface area contributed by atoms with Gasteiger partial charge in [-0.05, 0) is 74.6 Å². The van der Waals surface area contributed by atoms with Crippen LogP contribution in [0.1, 0.15) is 24.0 Å². The van der Waals surface area contributed by atoms with E-state index >= 15 is 0 Å². The molecule has 0 aromatic heterocycles. The SMILES string of the molecule is C#C[C@H]1CN2CC[C@H]1C[C@@H]2CNC(=S)Nc1cc(C)cc(C)c1. The maximum absolute atomic E-state index is 5.64. The zero-order valence-electron chi connectivity index (χ0n) is 13.9. The number of terminal acetylenes is 1. The molecule has 0 spiro atoms. The monoisotopic (exact) mass is 327 g/mol. The molecule has 3 aliphatic rings. The molecule has 23 heavy (non-hydrogen) atoms. The van der Waals surface area contributed by atoms with Crippen molar-refractivity contribution >= 4 is 23.0 Å². The summed E-state index contributed by atoms with van der Waals surface area (Å²) in [4.78, 5) is 2.52. The fourth-order valence-electron chi connectivity index (χ4n) is 3.97. The molecule has 0 radical (unpaired) electrons. The lowest BCUT2D eigenvalue weighted by atomic mass is 9.76. The third-order valence-corrected chi connectivity index (χ3v) is 5.32. The van der Waals surface area contributed by atoms with Crippen LogP contribution in [0.25, 0.3) is 0 Å². The number of hydrogen-bond donors (Lipinski definition) is 2. The molecule has 4 atom stereocenters. The summed E-state index contributed by atoms with van der Waals surface area (Å²) in [5.74, 6) is 4.10. The van der Waals surface area contributed by atoms with Crippen LogP contribution in [0.2, 0.25) is 0 Å². The minimum absolute atomic E-state index is 0.445. The average Bonchev–Trinajstić information content (AvgIpc) is 2.52. The predicted octanol–water partition coefficient (Wildman–Crippen LogP) is 2.93. The number of aryl methyl sites for hydroxylation is 2. The topological polar surface area (TPSA) is 27.3 Å². The van der Waals surface area contributed by atoms with E-state index in [0.29, 0.717) is 23.0 Å². The van der Waals surface area contributed by atoms with E-state index in [1.165, 1.54) is 30.5 Å². The largest absolute Gasteiger partial charge is 0.361 e. The molecule has 3 fully saturated rings. The van der Waals surface area contributed by atoms with Crippen LogP contribution in [0.4, 0.5) is 5.69 Å². The lowest BCUT2D eigenvalue weighted by molar-refractivity contribution is 0.0248. The van der Waals surface area contributed by atoms with Crippen LogP contribution in [0, 0.1) is 38.0 Å². The summed E-state index contributed by atoms with van der Waals surface area (Å²) in [6.45, 7) is 7.31. The summed E-state index contributed by atoms with van der Waals surface area (Å²) in [5.41, 5.74) is 3.54. The van der Waals surface area contributed by atoms with E-state index in [9.17, 15) is 0 Å². The minimum Gasteiger partial charge on any atom is -0.361 e. The van der Waals surface area contributed by atoms with E-state index in [1.807, 2.05) is 0 Å². The van der Waals surface area contributed by atoms with Gasteiger partial charge in [-0.25, -0.2) is 0 Å². The highest BCUT2D eigenvalue weighted by molar-refractivity contribution is 7.80. The van der Waals surface area contributed by atoms with Crippen LogP contribution >= 0.6 is 12.2 Å². The highest BCUT2D eigenvalue weighted by atomic mass is 32.1. The first kappa shape index (κ1) is 16.3. The molecule has 1 aromatic rings. The molecule has 4 rings (SSSR count). The molecular formula is C19H25N3S. The van der Waals surface area contributed by atoms with Crippen LogP contribution in [0.3, 0.4) is 0 Å². The van der Waals surface area contributed by atoms with Gasteiger partial charge in [0.15, 0.2) is 5.11 Å². The molecule has 1 aromatic carbocycles. The van der Waals surface area contributed by atoms with Crippen molar-refractivity contribution in [3.63, 3.8) is 0 Å². The molecular weight excluding hydrogens is 302 g/mol. The first-order chi connectivity index (χ1) is 11.0. The van der Waals surface area contributed by atoms with E-state index in [0.717, 1.165) is 18.8 Å². The number of nitrogens with zero attached hydrogens (tertiary/aromatic N) is 1. The Morgan fingerprint density at radius 1 is 1.35 bits per heavy atom. The van der Waals surface area contributed by atoms with Gasteiger partial charge in [0, 0.05) is 30.7 Å². The number of hydrogen-bond acceptors (Lipinski definition) is 2. The van der Waals surface area contributed by atoms with Gasteiger partial charge in [0.2, 0.25) is 0 Å². The maximum Gasteiger partial charge on any atom is 0.170 e. The van der Waals surface area contributed by atoms with Gasteiger partial charge in [0.25, 0.3) is 0 Å². The van der Waals surface area contributed by atoms with Crippen LogP contribution in [0.15, 0.2) is 18.2 Å². The van der Waals surface area contributed by atoms with E-state index in [-0.39, 0.29) is 0 Å². The van der Waals surface area contributed by atoms with Gasteiger partial charge < -0.3 is 10.6 Å². The summed E-state index contributed by atoms with van der Waals surface area (Å²) >= 11 is 5.45. The Kier molecular flexibility index (Phi) is 4.89. The van der Waals surface area contributed by atoms with Gasteiger partial charge >= 0.3 is 0 Å². The summed E-state index contributed by atoms with van der Waals surface area (Å²) in [6.07, 6.45) is 8.08. The van der Waals surface area contributed by atoms with Crippen LogP contribution in [0.5, 0.6) is 0 Å². The number of fused-ring (bicyclic) bond motifs is 3. The predicted molar refractivity (Wildman–Crippen MR) is 101 cm³/mol. The Balaban J connectivity index is 1.51. The van der Waals surface area contributed by atoms with Gasteiger partial charge in [-0.2, -0.15) is 0 Å². The maximum atomic E-state index is 5.64. The van der Waals surface area contributed by atoms with Crippen LogP contribution < -0.4 is 10.6 Å². The van der Waals surface area contributed by atoms with Gasteiger partial charge in [-0.15, -0.1) is 12.3 Å². The van der Waals surface area contributed by atoms with Gasteiger partial charge in [-0.1, -0.05) is 6.07 Å². The number of nitrogens with one attached hydrogen (secondary N) is 2. The van der Waals surface area contributed by atoms with Crippen LogP contribution in [-0.2, 0) is 0 Å². The van der Waals surface area contributed by atoms with Crippen molar-refractivity contribution in [1.82, 2.24) is 10.2 Å². The van der Waals surface area contributed by atoms with E-state index in [1.54, 1.807) is 0 Å². The van der Waals surface area contributed by atoms with Gasteiger partial charge in [-0.3, -0.25) is 4.90 Å². The van der Waals surface area contributed by atoms with Crippen molar-refractivity contribution < 1.29 is 0 Å². The van der Waals surface area contributed by atoms with Crippen molar-refractivity contribution in [2.75, 3.05) is 25.0 Å². The molecule has 3 aliphatic heterocycles. The third-order valence-electron chi connectivity index (χ3n) is 5.07. The minimum atomic E-state index is 0.445. The normalized spacial score (nSPS) is 28.9. The molecule has 2 bridgehead atoms. The number of benzene rings is 1. The first-order valence-electron chi connectivity index (χ1n) is 8.38. The van der Waals surface area contributed by atoms with Crippen molar-refractivity contribution in [2.24, 2.45) is 11.8 Å². The van der Waals surface area contributed by atoms with Crippen molar-refractivity contribution in [3.8, 4) is 12.3 Å². The highest BCUT2D eigenvalue weighted by Crippen LogP contribution is 2.35. The lowest BCUT2D eigenvalue weighted by Gasteiger charge is -2.48. The Morgan fingerprint density at radius 2 is 2.09 bits per heavy atom. The molecule has 1 unspecified atom stereocenters. The Labute approximate surface area is 144 Å². The number of piperidine rings is 3. The molecule has 3 heterocycles. The van der Waals surface area contributed by atoms with Gasteiger partial charge in [0.1, 0.15) is 0 Å². The second-order valence-corrected chi connectivity index (χ2v) is 7.33. The zero-order chi connectivity index (χ0) is 16.4. The molecule has 2 N–H and O–H groups in total. The summed E-state index contributed by atoms with van der Waals surface area (Å²) in [5, 5.41) is 7.38. The fourth-order valence-corrected chi connectivity index (χ4v) is 4.17. The van der Waals surface area contributed by atoms with E-state index < -0.39 is 0 Å². The second-order valence-electron chi connectivity index (χ2n) is 6.92. The third kappa shape index (κ3) is 3.85. The Bertz CT molecular complexity index is 614. The highest BCUT2D eigenvalue weighted by Gasteiger charge is 2.39. The first-order valence-corrected chi connectivity index (χ1v) is 8.79. The molecule has 122 valence electrons. The Morgan fingerprint density at radius 3 is 2.70 bits per heavy atom. The molecule has 0 amide bonds. The standard InChI is InChI=1S/C19H25N3S/c1-4-15-12-22-6-5-16(15)10-18(22)11-20-19(23)21-17-8-13(2)7-14(3)9-17/h1,7-9,15-16,18H,5-6,10-12H2,2-3H3,(H2,20,21,23)/t15-,16-,18+/m0/s1. The van der Waals surface area contributed by atoms with E-state index in [4.69, 9.17) is 18.6 Å². The quantitative estimate of drug-likeness (QED) is 0.659. The molecule has 4 heteroatoms. The second kappa shape index (κ2) is 6.90. The molecule has 3 saturated heterocycles. The number of thiocarbonyl (C=S) groups is 1. The van der Waals surface area contributed by atoms with Crippen molar-refractivity contribution in [3.05, 3.63) is 29.3 Å². The summed E-state index contributed by atoms with van der Waals surface area (Å²) in [6, 6.07) is 6.95. The summed E-state index contributed by atoms with van der Waals surface area (Å²) < 4.78 is 0. The van der Waals surface area contributed by atoms with Crippen molar-refractivity contribution in [1.29, 1.82) is 0 Å². The zero-order valence-corrected chi connectivity index (χ0v) is 14.7. The van der Waals surface area contributed by atoms with Crippen LogP contribution in [-0.4, -0.2) is 35.7 Å². The lowest BCUT2D eigenvalue weighted by Crippen LogP contribution is -2.56. The van der Waals surface area contributed by atoms with E-state index in [2.05, 4.69) is 53.5 Å². The van der Waals surface area contributed by atoms with Gasteiger partial charge in [0.05, 0.1) is 0 Å². The molecule has 0 saturated carbocycles. The Hall–Kier alpha value is -1.57. The number of anilines is 1. The molecule has 3 nitrogen and oxygen atoms in total. The summed E-state index contributed by atoms with van der Waals surface area (Å²) in [7, 11) is 0.